The van der Waals surface area contributed by atoms with E-state index in [-0.39, 0.29) is 0 Å². The molecule has 0 bridgehead atoms. The van der Waals surface area contributed by atoms with E-state index in [0.29, 0.717) is 5.92 Å². The van der Waals surface area contributed by atoms with E-state index in [1.807, 2.05) is 6.20 Å². The molecule has 1 aliphatic heterocycles. The summed E-state index contributed by atoms with van der Waals surface area (Å²) in [5.41, 5.74) is 5.78. The highest BCUT2D eigenvalue weighted by atomic mass is 15.3. The summed E-state index contributed by atoms with van der Waals surface area (Å²) in [4.78, 5) is 6.93. The van der Waals surface area contributed by atoms with E-state index in [4.69, 9.17) is 5.73 Å². The monoisotopic (exact) mass is 220 g/mol. The molecule has 2 N–H and O–H groups in total. The van der Waals surface area contributed by atoms with Crippen molar-refractivity contribution in [2.45, 2.75) is 31.7 Å². The molecule has 2 fully saturated rings. The van der Waals surface area contributed by atoms with Gasteiger partial charge in [0.1, 0.15) is 0 Å². The summed E-state index contributed by atoms with van der Waals surface area (Å²) in [6.07, 6.45) is 9.21. The Bertz CT molecular complexity index is 356. The van der Waals surface area contributed by atoms with E-state index in [0.717, 1.165) is 25.7 Å². The summed E-state index contributed by atoms with van der Waals surface area (Å²) in [5, 5.41) is 0. The number of aromatic nitrogens is 2. The molecule has 1 unspecified atom stereocenters. The van der Waals surface area contributed by atoms with E-state index < -0.39 is 0 Å². The quantitative estimate of drug-likeness (QED) is 0.837. The SMILES string of the molecule is NCC1CCCN(c2nccn2C2CC2)C1. The first kappa shape index (κ1) is 10.1. The van der Waals surface area contributed by atoms with Crippen LogP contribution in [0.1, 0.15) is 31.7 Å². The van der Waals surface area contributed by atoms with Crippen LogP contribution < -0.4 is 10.6 Å². The van der Waals surface area contributed by atoms with Gasteiger partial charge in [-0.25, -0.2) is 4.98 Å². The number of nitrogens with two attached hydrogens (primary N) is 1. The summed E-state index contributed by atoms with van der Waals surface area (Å²) < 4.78 is 2.35. The fourth-order valence-corrected chi connectivity index (χ4v) is 2.63. The number of piperidine rings is 1. The Morgan fingerprint density at radius 2 is 2.25 bits per heavy atom. The molecule has 16 heavy (non-hydrogen) atoms. The minimum absolute atomic E-state index is 0.651. The maximum Gasteiger partial charge on any atom is 0.205 e. The summed E-state index contributed by atoms with van der Waals surface area (Å²) in [6.45, 7) is 3.03. The van der Waals surface area contributed by atoms with Crippen LogP contribution in [0.25, 0.3) is 0 Å². The van der Waals surface area contributed by atoms with Gasteiger partial charge in [0, 0.05) is 31.5 Å². The molecule has 3 rings (SSSR count). The Morgan fingerprint density at radius 3 is 3.00 bits per heavy atom. The van der Waals surface area contributed by atoms with Crippen LogP contribution >= 0.6 is 0 Å². The van der Waals surface area contributed by atoms with Crippen molar-refractivity contribution in [3.63, 3.8) is 0 Å². The van der Waals surface area contributed by atoms with Crippen LogP contribution in [0, 0.1) is 5.92 Å². The van der Waals surface area contributed by atoms with E-state index >= 15 is 0 Å². The van der Waals surface area contributed by atoms with E-state index in [1.54, 1.807) is 0 Å². The summed E-state index contributed by atoms with van der Waals surface area (Å²) in [6, 6.07) is 0.718. The molecular weight excluding hydrogens is 200 g/mol. The molecule has 1 atom stereocenters. The van der Waals surface area contributed by atoms with Gasteiger partial charge in [-0.05, 0) is 38.1 Å². The van der Waals surface area contributed by atoms with Crippen molar-refractivity contribution in [3.05, 3.63) is 12.4 Å². The molecule has 2 aliphatic rings. The van der Waals surface area contributed by atoms with E-state index in [2.05, 4.69) is 20.6 Å². The van der Waals surface area contributed by atoms with Crippen LogP contribution in [0.15, 0.2) is 12.4 Å². The van der Waals surface area contributed by atoms with Gasteiger partial charge < -0.3 is 15.2 Å². The van der Waals surface area contributed by atoms with Crippen molar-refractivity contribution in [1.29, 1.82) is 0 Å². The Labute approximate surface area is 96.4 Å². The van der Waals surface area contributed by atoms with Gasteiger partial charge in [-0.2, -0.15) is 0 Å². The molecule has 4 nitrogen and oxygen atoms in total. The maximum atomic E-state index is 5.78. The fraction of sp³-hybridized carbons (Fsp3) is 0.750. The molecule has 2 heterocycles. The van der Waals surface area contributed by atoms with Crippen molar-refractivity contribution in [1.82, 2.24) is 9.55 Å². The predicted molar refractivity (Wildman–Crippen MR) is 64.5 cm³/mol. The second-order valence-corrected chi connectivity index (χ2v) is 5.06. The van der Waals surface area contributed by atoms with Crippen LogP contribution in [0.3, 0.4) is 0 Å². The first-order chi connectivity index (χ1) is 7.88. The molecule has 0 amide bonds. The fourth-order valence-electron chi connectivity index (χ4n) is 2.63. The lowest BCUT2D eigenvalue weighted by molar-refractivity contribution is 0.416. The lowest BCUT2D eigenvalue weighted by atomic mass is 9.99. The number of imidazole rings is 1. The molecule has 4 heteroatoms. The number of hydrogen-bond acceptors (Lipinski definition) is 3. The van der Waals surface area contributed by atoms with Crippen molar-refractivity contribution in [2.75, 3.05) is 24.5 Å². The van der Waals surface area contributed by atoms with E-state index in [1.165, 1.54) is 31.6 Å². The van der Waals surface area contributed by atoms with Gasteiger partial charge in [0.05, 0.1) is 0 Å². The highest BCUT2D eigenvalue weighted by molar-refractivity contribution is 5.33. The largest absolute Gasteiger partial charge is 0.342 e. The van der Waals surface area contributed by atoms with Gasteiger partial charge >= 0.3 is 0 Å². The molecule has 1 aromatic heterocycles. The van der Waals surface area contributed by atoms with Gasteiger partial charge in [0.2, 0.25) is 5.95 Å². The average Bonchev–Trinajstić information content (AvgIpc) is 3.07. The van der Waals surface area contributed by atoms with Crippen LogP contribution in [0.4, 0.5) is 5.95 Å². The Kier molecular flexibility index (Phi) is 2.59. The van der Waals surface area contributed by atoms with Gasteiger partial charge in [0.15, 0.2) is 0 Å². The minimum atomic E-state index is 0.651. The Balaban J connectivity index is 1.77. The maximum absolute atomic E-state index is 5.78. The Morgan fingerprint density at radius 1 is 1.38 bits per heavy atom. The lowest BCUT2D eigenvalue weighted by Crippen LogP contribution is -2.39. The molecule has 0 spiro atoms. The number of rotatable bonds is 3. The summed E-state index contributed by atoms with van der Waals surface area (Å²) in [7, 11) is 0. The Hall–Kier alpha value is -1.03. The van der Waals surface area contributed by atoms with Crippen LogP contribution in [-0.2, 0) is 0 Å². The smallest absolute Gasteiger partial charge is 0.205 e. The normalized spacial score (nSPS) is 26.1. The number of hydrogen-bond donors (Lipinski definition) is 1. The van der Waals surface area contributed by atoms with Crippen molar-refractivity contribution in [3.8, 4) is 0 Å². The third-order valence-electron chi connectivity index (χ3n) is 3.72. The topological polar surface area (TPSA) is 47.1 Å². The zero-order valence-electron chi connectivity index (χ0n) is 9.68. The van der Waals surface area contributed by atoms with Crippen molar-refractivity contribution >= 4 is 5.95 Å². The minimum Gasteiger partial charge on any atom is -0.342 e. The average molecular weight is 220 g/mol. The van der Waals surface area contributed by atoms with Gasteiger partial charge in [-0.1, -0.05) is 0 Å². The second kappa shape index (κ2) is 4.09. The molecule has 1 aromatic rings. The van der Waals surface area contributed by atoms with E-state index in [9.17, 15) is 0 Å². The molecule has 88 valence electrons. The first-order valence-corrected chi connectivity index (χ1v) is 6.36. The third-order valence-corrected chi connectivity index (χ3v) is 3.72. The molecule has 0 radical (unpaired) electrons. The van der Waals surface area contributed by atoms with Crippen LogP contribution in [0.2, 0.25) is 0 Å². The highest BCUT2D eigenvalue weighted by Gasteiger charge is 2.29. The molecule has 1 saturated heterocycles. The predicted octanol–water partition coefficient (Wildman–Crippen LogP) is 1.39. The van der Waals surface area contributed by atoms with Gasteiger partial charge in [-0.3, -0.25) is 0 Å². The van der Waals surface area contributed by atoms with Crippen LogP contribution in [-0.4, -0.2) is 29.2 Å². The van der Waals surface area contributed by atoms with Gasteiger partial charge in [0.25, 0.3) is 0 Å². The zero-order valence-corrected chi connectivity index (χ0v) is 9.68. The zero-order chi connectivity index (χ0) is 11.0. The second-order valence-electron chi connectivity index (χ2n) is 5.06. The van der Waals surface area contributed by atoms with Crippen molar-refractivity contribution in [2.24, 2.45) is 11.7 Å². The van der Waals surface area contributed by atoms with Gasteiger partial charge in [-0.15, -0.1) is 0 Å². The molecule has 0 aromatic carbocycles. The standard InChI is InChI=1S/C12H20N4/c13-8-10-2-1-6-15(9-10)12-14-5-7-16(12)11-3-4-11/h5,7,10-11H,1-4,6,8-9,13H2. The molecule has 1 aliphatic carbocycles. The molecular formula is C12H20N4. The van der Waals surface area contributed by atoms with Crippen molar-refractivity contribution < 1.29 is 0 Å². The summed E-state index contributed by atoms with van der Waals surface area (Å²) in [5.74, 6) is 1.82. The molecule has 1 saturated carbocycles. The number of anilines is 1. The first-order valence-electron chi connectivity index (χ1n) is 6.36. The number of nitrogens with zero attached hydrogens (tertiary/aromatic N) is 3. The summed E-state index contributed by atoms with van der Waals surface area (Å²) >= 11 is 0. The third kappa shape index (κ3) is 1.82. The highest BCUT2D eigenvalue weighted by Crippen LogP contribution is 2.38. The lowest BCUT2D eigenvalue weighted by Gasteiger charge is -2.33. The van der Waals surface area contributed by atoms with Crippen LogP contribution in [0.5, 0.6) is 0 Å².